The van der Waals surface area contributed by atoms with Crippen molar-refractivity contribution in [3.63, 3.8) is 0 Å². The number of Topliss-reactive ketones (excluding diaryl/α,β-unsaturated/α-hetero) is 1. The second-order valence-electron chi connectivity index (χ2n) is 5.65. The van der Waals surface area contributed by atoms with E-state index in [0.29, 0.717) is 24.8 Å². The van der Waals surface area contributed by atoms with E-state index in [4.69, 9.17) is 4.74 Å². The first kappa shape index (κ1) is 16.2. The smallest absolute Gasteiger partial charge is 0.348 e. The molecule has 1 aromatic rings. The Labute approximate surface area is 129 Å². The minimum Gasteiger partial charge on any atom is -0.478 e. The number of ketones is 1. The molecule has 0 aliphatic heterocycles. The number of rotatable bonds is 5. The van der Waals surface area contributed by atoms with Crippen molar-refractivity contribution in [1.29, 1.82) is 0 Å². The maximum atomic E-state index is 12.8. The largest absolute Gasteiger partial charge is 0.478 e. The van der Waals surface area contributed by atoms with Crippen molar-refractivity contribution in [3.8, 4) is 0 Å². The average Bonchev–Trinajstić information content (AvgIpc) is 2.46. The molecule has 0 aromatic heterocycles. The molecule has 0 radical (unpaired) electrons. The number of ether oxygens (including phenoxy) is 1. The van der Waals surface area contributed by atoms with Crippen LogP contribution in [0.4, 0.5) is 0 Å². The molecule has 1 aromatic carbocycles. The molecule has 0 saturated carbocycles. The van der Waals surface area contributed by atoms with Crippen molar-refractivity contribution in [2.45, 2.75) is 45.1 Å². The van der Waals surface area contributed by atoms with Gasteiger partial charge >= 0.3 is 11.9 Å². The summed E-state index contributed by atoms with van der Waals surface area (Å²) in [6.45, 7) is 2.98. The first-order valence-corrected chi connectivity index (χ1v) is 7.47. The molecule has 0 bridgehead atoms. The van der Waals surface area contributed by atoms with Gasteiger partial charge in [0.1, 0.15) is 0 Å². The Morgan fingerprint density at radius 3 is 2.64 bits per heavy atom. The Bertz CT molecular complexity index is 607. The van der Waals surface area contributed by atoms with E-state index in [0.717, 1.165) is 5.56 Å². The lowest BCUT2D eigenvalue weighted by atomic mass is 9.71. The number of aliphatic carboxylic acids is 1. The molecule has 0 saturated heterocycles. The van der Waals surface area contributed by atoms with Crippen LogP contribution in [-0.4, -0.2) is 28.4 Å². The predicted molar refractivity (Wildman–Crippen MR) is 79.6 cm³/mol. The number of benzene rings is 1. The minimum atomic E-state index is -1.77. The summed E-state index contributed by atoms with van der Waals surface area (Å²) in [4.78, 5) is 36.1. The number of hydrogen-bond donors (Lipinski definition) is 1. The van der Waals surface area contributed by atoms with Crippen molar-refractivity contribution in [1.82, 2.24) is 0 Å². The lowest BCUT2D eigenvalue weighted by Gasteiger charge is -2.37. The highest BCUT2D eigenvalue weighted by Crippen LogP contribution is 2.38. The number of carbonyl (C=O) groups excluding carboxylic acids is 2. The van der Waals surface area contributed by atoms with E-state index in [1.807, 2.05) is 19.1 Å². The van der Waals surface area contributed by atoms with E-state index in [1.54, 1.807) is 12.1 Å². The van der Waals surface area contributed by atoms with Gasteiger partial charge in [0, 0.05) is 12.5 Å². The lowest BCUT2D eigenvalue weighted by Crippen LogP contribution is -2.53. The highest BCUT2D eigenvalue weighted by molar-refractivity contribution is 6.04. The highest BCUT2D eigenvalue weighted by atomic mass is 16.6. The van der Waals surface area contributed by atoms with Crippen LogP contribution in [0.1, 0.15) is 49.0 Å². The van der Waals surface area contributed by atoms with E-state index in [1.165, 1.54) is 6.92 Å². The zero-order chi connectivity index (χ0) is 16.3. The fourth-order valence-corrected chi connectivity index (χ4v) is 3.27. The summed E-state index contributed by atoms with van der Waals surface area (Å²) >= 11 is 0. The summed E-state index contributed by atoms with van der Waals surface area (Å²) < 4.78 is 5.21. The number of esters is 1. The second kappa shape index (κ2) is 6.30. The van der Waals surface area contributed by atoms with Crippen LogP contribution < -0.4 is 0 Å². The molecular formula is C17H20O5. The summed E-state index contributed by atoms with van der Waals surface area (Å²) in [5, 5.41) is 9.69. The number of fused-ring (bicyclic) bond motifs is 1. The Kier molecular flexibility index (Phi) is 4.64. The van der Waals surface area contributed by atoms with Crippen LogP contribution in [0, 0.1) is 5.92 Å². The molecule has 118 valence electrons. The first-order chi connectivity index (χ1) is 10.4. The molecule has 1 aliphatic rings. The third-order valence-corrected chi connectivity index (χ3v) is 4.17. The van der Waals surface area contributed by atoms with Crippen molar-refractivity contribution in [2.24, 2.45) is 5.92 Å². The first-order valence-electron chi connectivity index (χ1n) is 7.47. The van der Waals surface area contributed by atoms with Gasteiger partial charge in [0.15, 0.2) is 5.78 Å². The number of carbonyl (C=O) groups is 3. The van der Waals surface area contributed by atoms with Crippen LogP contribution >= 0.6 is 0 Å². The molecule has 2 rings (SSSR count). The average molecular weight is 304 g/mol. The number of carboxylic acid groups (broad SMARTS) is 1. The Morgan fingerprint density at radius 2 is 2.05 bits per heavy atom. The molecule has 2 atom stereocenters. The van der Waals surface area contributed by atoms with Gasteiger partial charge in [-0.05, 0) is 24.8 Å². The standard InChI is InChI=1S/C17H20O5/c1-3-10-17(16(20)21,22-11(2)18)14-9-8-12-6-4-5-7-13(12)15(14)19/h4-7,14H,3,8-10H2,1-2H3,(H,20,21). The van der Waals surface area contributed by atoms with Crippen LogP contribution in [0.2, 0.25) is 0 Å². The zero-order valence-corrected chi connectivity index (χ0v) is 12.8. The molecular weight excluding hydrogens is 284 g/mol. The molecule has 1 N–H and O–H groups in total. The fraction of sp³-hybridized carbons (Fsp3) is 0.471. The van der Waals surface area contributed by atoms with Gasteiger partial charge in [-0.2, -0.15) is 0 Å². The van der Waals surface area contributed by atoms with Gasteiger partial charge in [0.25, 0.3) is 0 Å². The van der Waals surface area contributed by atoms with Gasteiger partial charge in [-0.15, -0.1) is 0 Å². The van der Waals surface area contributed by atoms with Gasteiger partial charge in [0.05, 0.1) is 5.92 Å². The van der Waals surface area contributed by atoms with Crippen molar-refractivity contribution in [2.75, 3.05) is 0 Å². The SMILES string of the molecule is CCCC(OC(C)=O)(C(=O)O)C1CCc2ccccc2C1=O. The number of carboxylic acids is 1. The van der Waals surface area contributed by atoms with E-state index in [9.17, 15) is 19.5 Å². The summed E-state index contributed by atoms with van der Waals surface area (Å²) in [5.41, 5.74) is -0.319. The summed E-state index contributed by atoms with van der Waals surface area (Å²) in [7, 11) is 0. The van der Waals surface area contributed by atoms with Gasteiger partial charge in [-0.25, -0.2) is 4.79 Å². The summed E-state index contributed by atoms with van der Waals surface area (Å²) in [6, 6.07) is 7.19. The van der Waals surface area contributed by atoms with Crippen molar-refractivity contribution in [3.05, 3.63) is 35.4 Å². The van der Waals surface area contributed by atoms with Gasteiger partial charge in [0.2, 0.25) is 5.60 Å². The van der Waals surface area contributed by atoms with Gasteiger partial charge < -0.3 is 9.84 Å². The van der Waals surface area contributed by atoms with Gasteiger partial charge in [-0.1, -0.05) is 37.6 Å². The van der Waals surface area contributed by atoms with Crippen LogP contribution in [-0.2, 0) is 20.7 Å². The normalized spacial score (nSPS) is 19.9. The number of hydrogen-bond acceptors (Lipinski definition) is 4. The zero-order valence-electron chi connectivity index (χ0n) is 12.8. The van der Waals surface area contributed by atoms with Crippen molar-refractivity contribution >= 4 is 17.7 Å². The predicted octanol–water partition coefficient (Wildman–Crippen LogP) is 2.62. The summed E-state index contributed by atoms with van der Waals surface area (Å²) in [5.74, 6) is -3.02. The molecule has 0 fully saturated rings. The Balaban J connectivity index is 2.47. The molecule has 5 heteroatoms. The van der Waals surface area contributed by atoms with Crippen molar-refractivity contribution < 1.29 is 24.2 Å². The molecule has 1 aliphatic carbocycles. The van der Waals surface area contributed by atoms with E-state index >= 15 is 0 Å². The monoisotopic (exact) mass is 304 g/mol. The highest BCUT2D eigenvalue weighted by Gasteiger charge is 2.53. The van der Waals surface area contributed by atoms with Crippen LogP contribution in [0.3, 0.4) is 0 Å². The van der Waals surface area contributed by atoms with E-state index < -0.39 is 23.5 Å². The third kappa shape index (κ3) is 2.75. The quantitative estimate of drug-likeness (QED) is 0.846. The topological polar surface area (TPSA) is 80.7 Å². The maximum absolute atomic E-state index is 12.8. The van der Waals surface area contributed by atoms with Gasteiger partial charge in [-0.3, -0.25) is 9.59 Å². The molecule has 22 heavy (non-hydrogen) atoms. The molecule has 5 nitrogen and oxygen atoms in total. The molecule has 0 heterocycles. The van der Waals surface area contributed by atoms with Crippen LogP contribution in [0.5, 0.6) is 0 Å². The van der Waals surface area contributed by atoms with Crippen LogP contribution in [0.25, 0.3) is 0 Å². The Hall–Kier alpha value is -2.17. The van der Waals surface area contributed by atoms with Crippen LogP contribution in [0.15, 0.2) is 24.3 Å². The summed E-state index contributed by atoms with van der Waals surface area (Å²) in [6.07, 6.45) is 1.60. The lowest BCUT2D eigenvalue weighted by molar-refractivity contribution is -0.184. The minimum absolute atomic E-state index is 0.125. The fourth-order valence-electron chi connectivity index (χ4n) is 3.27. The molecule has 0 spiro atoms. The maximum Gasteiger partial charge on any atom is 0.348 e. The number of aryl methyl sites for hydroxylation is 1. The van der Waals surface area contributed by atoms with E-state index in [-0.39, 0.29) is 12.2 Å². The Morgan fingerprint density at radius 1 is 1.36 bits per heavy atom. The third-order valence-electron chi connectivity index (χ3n) is 4.17. The van der Waals surface area contributed by atoms with E-state index in [2.05, 4.69) is 0 Å². The second-order valence-corrected chi connectivity index (χ2v) is 5.65. The molecule has 0 amide bonds. The molecule has 2 unspecified atom stereocenters.